The van der Waals surface area contributed by atoms with E-state index in [0.717, 1.165) is 0 Å². The summed E-state index contributed by atoms with van der Waals surface area (Å²) in [5.41, 5.74) is -0.554. The van der Waals surface area contributed by atoms with E-state index >= 15 is 0 Å². The van der Waals surface area contributed by atoms with Gasteiger partial charge in [-0.15, -0.1) is 0 Å². The molecule has 0 heterocycles. The molecule has 1 rings (SSSR count). The summed E-state index contributed by atoms with van der Waals surface area (Å²) in [4.78, 5) is 12.0. The van der Waals surface area contributed by atoms with Crippen LogP contribution >= 0.6 is 11.6 Å². The first-order valence-electron chi connectivity index (χ1n) is 5.14. The molecule has 0 saturated carbocycles. The number of halogens is 1. The minimum absolute atomic E-state index is 0.140. The maximum Gasteiger partial charge on any atom is 0.357 e. The summed E-state index contributed by atoms with van der Waals surface area (Å²) in [6.07, 6.45) is 0. The molecule has 1 aromatic carbocycles. The molecule has 17 heavy (non-hydrogen) atoms. The first kappa shape index (κ1) is 14.4. The van der Waals surface area contributed by atoms with Gasteiger partial charge in [0.15, 0.2) is 4.90 Å². The third-order valence-corrected chi connectivity index (χ3v) is 3.29. The molecular formula is C12H15ClO3S. The van der Waals surface area contributed by atoms with Crippen molar-refractivity contribution in [3.63, 3.8) is 0 Å². The number of rotatable bonds is 3. The maximum atomic E-state index is 11.8. The van der Waals surface area contributed by atoms with Gasteiger partial charge in [-0.25, -0.2) is 4.79 Å². The highest BCUT2D eigenvalue weighted by Gasteiger charge is 2.22. The van der Waals surface area contributed by atoms with Gasteiger partial charge in [0.25, 0.3) is 0 Å². The van der Waals surface area contributed by atoms with Crippen molar-refractivity contribution in [2.75, 3.05) is 5.75 Å². The van der Waals surface area contributed by atoms with Crippen molar-refractivity contribution < 1.29 is 14.1 Å². The van der Waals surface area contributed by atoms with E-state index in [-0.39, 0.29) is 5.75 Å². The predicted octanol–water partition coefficient (Wildman–Crippen LogP) is 2.79. The quantitative estimate of drug-likeness (QED) is 0.629. The lowest BCUT2D eigenvalue weighted by molar-refractivity contribution is -0.151. The Labute approximate surface area is 109 Å². The monoisotopic (exact) mass is 274 g/mol. The van der Waals surface area contributed by atoms with Crippen molar-refractivity contribution in [3.8, 4) is 0 Å². The molecule has 0 radical (unpaired) electrons. The standard InChI is InChI=1S/C12H15ClO3S/c1-12(2,3)16-11(14)8-17(15)10-6-4-9(13)5-7-10/h4-7H,8H2,1-3H3/t17-/m0/s1. The molecule has 0 aromatic heterocycles. The van der Waals surface area contributed by atoms with E-state index in [4.69, 9.17) is 16.3 Å². The number of ether oxygens (including phenoxy) is 1. The highest BCUT2D eigenvalue weighted by atomic mass is 35.5. The number of carbonyl (C=O) groups is 1. The average molecular weight is 275 g/mol. The summed E-state index contributed by atoms with van der Waals surface area (Å²) < 4.78 is 16.9. The molecule has 5 heteroatoms. The van der Waals surface area contributed by atoms with Crippen LogP contribution in [0.4, 0.5) is 0 Å². The summed E-state index contributed by atoms with van der Waals surface area (Å²) in [6.45, 7) is 5.32. The average Bonchev–Trinajstić information content (AvgIpc) is 2.15. The molecule has 0 spiro atoms. The lowest BCUT2D eigenvalue weighted by Crippen LogP contribution is -2.28. The fourth-order valence-electron chi connectivity index (χ4n) is 1.15. The van der Waals surface area contributed by atoms with E-state index in [1.54, 1.807) is 45.0 Å². The topological polar surface area (TPSA) is 49.4 Å². The number of esters is 1. The Morgan fingerprint density at radius 3 is 2.35 bits per heavy atom. The van der Waals surface area contributed by atoms with Crippen LogP contribution in [0.15, 0.2) is 29.2 Å². The first-order valence-corrected chi connectivity index (χ1v) is 6.83. The van der Waals surface area contributed by atoms with Gasteiger partial charge in [0.1, 0.15) is 5.60 Å². The van der Waals surface area contributed by atoms with Gasteiger partial charge in [-0.3, -0.25) is 0 Å². The molecule has 0 aliphatic heterocycles. The molecule has 0 unspecified atom stereocenters. The molecule has 0 bridgehead atoms. The van der Waals surface area contributed by atoms with Crippen molar-refractivity contribution in [2.45, 2.75) is 31.3 Å². The zero-order chi connectivity index (χ0) is 13.1. The van der Waals surface area contributed by atoms with Gasteiger partial charge in [-0.05, 0) is 56.2 Å². The Morgan fingerprint density at radius 2 is 1.88 bits per heavy atom. The van der Waals surface area contributed by atoms with Gasteiger partial charge in [0.2, 0.25) is 5.75 Å². The summed E-state index contributed by atoms with van der Waals surface area (Å²) in [7, 11) is 0. The van der Waals surface area contributed by atoms with Crippen LogP contribution in [0.3, 0.4) is 0 Å². The summed E-state index contributed by atoms with van der Waals surface area (Å²) in [5.74, 6) is -0.607. The second-order valence-corrected chi connectivity index (χ2v) is 6.42. The molecule has 0 fully saturated rings. The van der Waals surface area contributed by atoms with Crippen LogP contribution in [0.25, 0.3) is 0 Å². The van der Waals surface area contributed by atoms with Crippen molar-refractivity contribution in [3.05, 3.63) is 29.3 Å². The fraction of sp³-hybridized carbons (Fsp3) is 0.417. The van der Waals surface area contributed by atoms with Gasteiger partial charge in [0.05, 0.1) is 0 Å². The lowest BCUT2D eigenvalue weighted by atomic mass is 10.2. The van der Waals surface area contributed by atoms with Gasteiger partial charge in [-0.1, -0.05) is 11.6 Å². The van der Waals surface area contributed by atoms with Crippen LogP contribution in [-0.2, 0) is 20.7 Å². The van der Waals surface area contributed by atoms with Gasteiger partial charge < -0.3 is 9.29 Å². The van der Waals surface area contributed by atoms with E-state index in [2.05, 4.69) is 0 Å². The zero-order valence-corrected chi connectivity index (χ0v) is 11.6. The highest BCUT2D eigenvalue weighted by Crippen LogP contribution is 2.16. The molecule has 1 atom stereocenters. The minimum Gasteiger partial charge on any atom is -0.611 e. The SMILES string of the molecule is CC(C)(C)OC(=O)C[S@+]([O-])c1ccc(Cl)cc1. The number of benzene rings is 1. The van der Waals surface area contributed by atoms with Crippen molar-refractivity contribution in [1.82, 2.24) is 0 Å². The van der Waals surface area contributed by atoms with E-state index in [1.165, 1.54) is 0 Å². The van der Waals surface area contributed by atoms with E-state index < -0.39 is 22.7 Å². The van der Waals surface area contributed by atoms with Gasteiger partial charge in [-0.2, -0.15) is 0 Å². The maximum absolute atomic E-state index is 11.8. The number of carbonyl (C=O) groups excluding carboxylic acids is 1. The Bertz CT molecular complexity index is 384. The minimum atomic E-state index is -1.39. The van der Waals surface area contributed by atoms with Crippen LogP contribution in [0, 0.1) is 0 Å². The van der Waals surface area contributed by atoms with Crippen LogP contribution < -0.4 is 0 Å². The zero-order valence-electron chi connectivity index (χ0n) is 10.0. The van der Waals surface area contributed by atoms with Gasteiger partial charge in [0, 0.05) is 5.02 Å². The molecular weight excluding hydrogens is 260 g/mol. The third kappa shape index (κ3) is 5.44. The molecule has 3 nitrogen and oxygen atoms in total. The Kier molecular flexibility index (Phi) is 4.86. The summed E-state index contributed by atoms with van der Waals surface area (Å²) >= 11 is 4.33. The first-order chi connectivity index (χ1) is 7.78. The van der Waals surface area contributed by atoms with E-state index in [0.29, 0.717) is 9.92 Å². The van der Waals surface area contributed by atoms with Gasteiger partial charge >= 0.3 is 5.97 Å². The van der Waals surface area contributed by atoms with Crippen molar-refractivity contribution in [1.29, 1.82) is 0 Å². The van der Waals surface area contributed by atoms with Crippen LogP contribution in [0.2, 0.25) is 5.02 Å². The summed E-state index contributed by atoms with van der Waals surface area (Å²) in [5, 5.41) is 0.572. The normalized spacial score (nSPS) is 13.2. The fourth-order valence-corrected chi connectivity index (χ4v) is 2.15. The molecule has 0 N–H and O–H groups in total. The lowest BCUT2D eigenvalue weighted by Gasteiger charge is -2.19. The largest absolute Gasteiger partial charge is 0.611 e. The number of hydrogen-bond acceptors (Lipinski definition) is 3. The Balaban J connectivity index is 2.57. The second kappa shape index (κ2) is 5.76. The van der Waals surface area contributed by atoms with E-state index in [9.17, 15) is 9.35 Å². The molecule has 0 aliphatic carbocycles. The summed E-state index contributed by atoms with van der Waals surface area (Å²) in [6, 6.07) is 6.57. The molecule has 0 amide bonds. The number of hydrogen-bond donors (Lipinski definition) is 0. The Morgan fingerprint density at radius 1 is 1.35 bits per heavy atom. The van der Waals surface area contributed by atoms with Crippen LogP contribution in [0.1, 0.15) is 20.8 Å². The van der Waals surface area contributed by atoms with Crippen LogP contribution in [-0.4, -0.2) is 21.9 Å². The van der Waals surface area contributed by atoms with E-state index in [1.807, 2.05) is 0 Å². The smallest absolute Gasteiger partial charge is 0.357 e. The van der Waals surface area contributed by atoms with Crippen molar-refractivity contribution >= 4 is 28.7 Å². The van der Waals surface area contributed by atoms with Crippen molar-refractivity contribution in [2.24, 2.45) is 0 Å². The highest BCUT2D eigenvalue weighted by molar-refractivity contribution is 7.92. The molecule has 0 aliphatic rings. The predicted molar refractivity (Wildman–Crippen MR) is 68.6 cm³/mol. The molecule has 94 valence electrons. The van der Waals surface area contributed by atoms with Crippen LogP contribution in [0.5, 0.6) is 0 Å². The second-order valence-electron chi connectivity index (χ2n) is 4.53. The third-order valence-electron chi connectivity index (χ3n) is 1.75. The Hall–Kier alpha value is -0.710. The molecule has 1 aromatic rings. The molecule has 0 saturated heterocycles.